The number of Topliss-reactive ketones (excluding diaryl/α,β-unsaturated/α-hetero) is 1. The van der Waals surface area contributed by atoms with Crippen molar-refractivity contribution in [1.82, 2.24) is 0 Å². The zero-order valence-electron chi connectivity index (χ0n) is 6.97. The minimum atomic E-state index is 0.208. The van der Waals surface area contributed by atoms with Crippen LogP contribution in [-0.2, 0) is 4.79 Å². The number of rotatable bonds is 0. The number of fused-ring (bicyclic) bond motifs is 1. The molecular weight excluding hydrogens is 136 g/mol. The molecule has 2 aliphatic carbocycles. The van der Waals surface area contributed by atoms with Crippen LogP contribution in [0.1, 0.15) is 32.6 Å². The second-order valence-electron chi connectivity index (χ2n) is 3.79. The van der Waals surface area contributed by atoms with E-state index in [1.165, 1.54) is 19.3 Å². The van der Waals surface area contributed by atoms with Crippen LogP contribution in [0.2, 0.25) is 0 Å². The van der Waals surface area contributed by atoms with Gasteiger partial charge in [0.05, 0.1) is 0 Å². The van der Waals surface area contributed by atoms with Crippen molar-refractivity contribution in [1.29, 1.82) is 0 Å². The minimum Gasteiger partial charge on any atom is -0.299 e. The van der Waals surface area contributed by atoms with Gasteiger partial charge < -0.3 is 0 Å². The Morgan fingerprint density at radius 2 is 2.36 bits per heavy atom. The fourth-order valence-electron chi connectivity index (χ4n) is 2.24. The van der Waals surface area contributed by atoms with E-state index in [4.69, 9.17) is 0 Å². The second-order valence-corrected chi connectivity index (χ2v) is 3.79. The summed E-state index contributed by atoms with van der Waals surface area (Å²) in [4.78, 5) is 11.3. The highest BCUT2D eigenvalue weighted by Crippen LogP contribution is 2.38. The van der Waals surface area contributed by atoms with E-state index in [1.54, 1.807) is 5.57 Å². The molecule has 0 aromatic carbocycles. The molecule has 2 unspecified atom stereocenters. The van der Waals surface area contributed by atoms with Crippen LogP contribution in [0, 0.1) is 11.8 Å². The van der Waals surface area contributed by atoms with Gasteiger partial charge in [0.15, 0.2) is 0 Å². The summed E-state index contributed by atoms with van der Waals surface area (Å²) in [5.74, 6) is 1.29. The Morgan fingerprint density at radius 1 is 1.55 bits per heavy atom. The first kappa shape index (κ1) is 7.08. The summed E-state index contributed by atoms with van der Waals surface area (Å²) in [6, 6.07) is 0. The summed E-state index contributed by atoms with van der Waals surface area (Å²) in [6.07, 6.45) is 6.83. The van der Waals surface area contributed by atoms with Crippen molar-refractivity contribution >= 4 is 5.78 Å². The first-order chi connectivity index (χ1) is 5.27. The van der Waals surface area contributed by atoms with Crippen molar-refractivity contribution in [2.75, 3.05) is 0 Å². The molecule has 0 aliphatic heterocycles. The van der Waals surface area contributed by atoms with E-state index < -0.39 is 0 Å². The summed E-state index contributed by atoms with van der Waals surface area (Å²) in [6.45, 7) is 2.02. The Balaban J connectivity index is 2.24. The molecule has 0 aromatic heterocycles. The Hall–Kier alpha value is -0.590. The topological polar surface area (TPSA) is 17.1 Å². The van der Waals surface area contributed by atoms with Crippen LogP contribution in [0.3, 0.4) is 0 Å². The quantitative estimate of drug-likeness (QED) is 0.484. The van der Waals surface area contributed by atoms with Gasteiger partial charge in [-0.1, -0.05) is 18.6 Å². The number of allylic oxidation sites excluding steroid dienone is 2. The zero-order chi connectivity index (χ0) is 7.84. The number of carbonyl (C=O) groups is 1. The van der Waals surface area contributed by atoms with Crippen LogP contribution < -0.4 is 0 Å². The molecule has 0 heterocycles. The van der Waals surface area contributed by atoms with Crippen LogP contribution in [0.15, 0.2) is 11.6 Å². The largest absolute Gasteiger partial charge is 0.299 e. The molecule has 11 heavy (non-hydrogen) atoms. The molecule has 1 saturated carbocycles. The van der Waals surface area contributed by atoms with E-state index in [1.807, 2.05) is 6.92 Å². The highest BCUT2D eigenvalue weighted by atomic mass is 16.1. The molecule has 1 fully saturated rings. The van der Waals surface area contributed by atoms with Crippen molar-refractivity contribution < 1.29 is 4.79 Å². The van der Waals surface area contributed by atoms with Crippen molar-refractivity contribution in [3.05, 3.63) is 11.6 Å². The number of hydrogen-bond donors (Lipinski definition) is 0. The van der Waals surface area contributed by atoms with Gasteiger partial charge >= 0.3 is 0 Å². The molecule has 1 heteroatoms. The van der Waals surface area contributed by atoms with E-state index in [0.717, 1.165) is 6.42 Å². The Kier molecular flexibility index (Phi) is 1.59. The molecular formula is C10H14O. The van der Waals surface area contributed by atoms with Crippen LogP contribution in [0.25, 0.3) is 0 Å². The van der Waals surface area contributed by atoms with Gasteiger partial charge in [0.1, 0.15) is 5.78 Å². The van der Waals surface area contributed by atoms with Gasteiger partial charge in [-0.2, -0.15) is 0 Å². The van der Waals surface area contributed by atoms with Crippen LogP contribution in [0.4, 0.5) is 0 Å². The van der Waals surface area contributed by atoms with Gasteiger partial charge in [0.2, 0.25) is 0 Å². The summed E-state index contributed by atoms with van der Waals surface area (Å²) in [5, 5.41) is 0. The maximum absolute atomic E-state index is 11.3. The summed E-state index contributed by atoms with van der Waals surface area (Å²) in [5.41, 5.74) is 1.57. The maximum Gasteiger partial charge on any atom is 0.140 e. The first-order valence-corrected chi connectivity index (χ1v) is 4.50. The summed E-state index contributed by atoms with van der Waals surface area (Å²) in [7, 11) is 0. The lowest BCUT2D eigenvalue weighted by molar-refractivity contribution is -0.122. The fraction of sp³-hybridized carbons (Fsp3) is 0.700. The van der Waals surface area contributed by atoms with Crippen LogP contribution in [0.5, 0.6) is 0 Å². The third-order valence-electron chi connectivity index (χ3n) is 2.96. The second kappa shape index (κ2) is 2.47. The lowest BCUT2D eigenvalue weighted by Gasteiger charge is -2.20. The average Bonchev–Trinajstić information content (AvgIpc) is 2.36. The minimum absolute atomic E-state index is 0.208. The Labute approximate surface area is 67.5 Å². The Morgan fingerprint density at radius 3 is 3.18 bits per heavy atom. The number of ketones is 1. The zero-order valence-corrected chi connectivity index (χ0v) is 6.97. The van der Waals surface area contributed by atoms with Crippen molar-refractivity contribution in [2.45, 2.75) is 32.6 Å². The van der Waals surface area contributed by atoms with E-state index in [0.29, 0.717) is 11.7 Å². The van der Waals surface area contributed by atoms with Crippen molar-refractivity contribution in [3.8, 4) is 0 Å². The summed E-state index contributed by atoms with van der Waals surface area (Å²) >= 11 is 0. The van der Waals surface area contributed by atoms with Crippen molar-refractivity contribution in [3.63, 3.8) is 0 Å². The van der Waals surface area contributed by atoms with E-state index in [9.17, 15) is 4.79 Å². The highest BCUT2D eigenvalue weighted by molar-refractivity contribution is 5.84. The molecule has 0 amide bonds. The first-order valence-electron chi connectivity index (χ1n) is 4.50. The monoisotopic (exact) mass is 150 g/mol. The molecule has 0 aromatic rings. The molecule has 0 radical (unpaired) electrons. The third kappa shape index (κ3) is 1.13. The van der Waals surface area contributed by atoms with Crippen molar-refractivity contribution in [2.24, 2.45) is 11.8 Å². The predicted octanol–water partition coefficient (Wildman–Crippen LogP) is 2.32. The van der Waals surface area contributed by atoms with Gasteiger partial charge in [-0.05, 0) is 25.2 Å². The maximum atomic E-state index is 11.3. The number of carbonyl (C=O) groups excluding carboxylic acids is 1. The van der Waals surface area contributed by atoms with Gasteiger partial charge in [-0.25, -0.2) is 0 Å². The number of hydrogen-bond acceptors (Lipinski definition) is 1. The third-order valence-corrected chi connectivity index (χ3v) is 2.96. The average molecular weight is 150 g/mol. The highest BCUT2D eigenvalue weighted by Gasteiger charge is 2.29. The molecule has 0 bridgehead atoms. The van der Waals surface area contributed by atoms with E-state index in [2.05, 4.69) is 6.08 Å². The molecule has 0 spiro atoms. The lowest BCUT2D eigenvalue weighted by Crippen LogP contribution is -2.19. The van der Waals surface area contributed by atoms with Gasteiger partial charge in [-0.15, -0.1) is 0 Å². The fourth-order valence-corrected chi connectivity index (χ4v) is 2.24. The predicted molar refractivity (Wildman–Crippen MR) is 44.2 cm³/mol. The van der Waals surface area contributed by atoms with Gasteiger partial charge in [0.25, 0.3) is 0 Å². The van der Waals surface area contributed by atoms with E-state index >= 15 is 0 Å². The molecule has 0 saturated heterocycles. The van der Waals surface area contributed by atoms with Gasteiger partial charge in [-0.3, -0.25) is 4.79 Å². The van der Waals surface area contributed by atoms with E-state index in [-0.39, 0.29) is 5.92 Å². The summed E-state index contributed by atoms with van der Waals surface area (Å²) < 4.78 is 0. The molecule has 60 valence electrons. The standard InChI is InChI=1S/C10H14O/c1-7-5-8-3-2-4-9(8)6-10(7)11/h5,7,9H,2-4,6H2,1H3. The molecule has 1 nitrogen and oxygen atoms in total. The molecule has 2 rings (SSSR count). The molecule has 2 aliphatic rings. The molecule has 2 atom stereocenters. The molecule has 0 N–H and O–H groups in total. The normalized spacial score (nSPS) is 36.8. The lowest BCUT2D eigenvalue weighted by atomic mass is 9.84. The van der Waals surface area contributed by atoms with Crippen LogP contribution >= 0.6 is 0 Å². The Bertz CT molecular complexity index is 215. The smallest absolute Gasteiger partial charge is 0.140 e. The SMILES string of the molecule is CC1C=C2CCCC2CC1=O. The van der Waals surface area contributed by atoms with Crippen LogP contribution in [-0.4, -0.2) is 5.78 Å². The van der Waals surface area contributed by atoms with Gasteiger partial charge in [0, 0.05) is 12.3 Å².